The summed E-state index contributed by atoms with van der Waals surface area (Å²) in [7, 11) is 0. The van der Waals surface area contributed by atoms with Crippen LogP contribution in [-0.2, 0) is 0 Å². The van der Waals surface area contributed by atoms with Crippen molar-refractivity contribution in [2.45, 2.75) is 0 Å². The van der Waals surface area contributed by atoms with E-state index < -0.39 is 4.92 Å². The standard InChI is InChI=1S/C19H13N5O2/c25-24(26)15-7-3-5-13(11-15)18-19(21-14-6-4-10-20-12-14)23-17-9-2-1-8-16(17)22-18/h1-12H,(H,21,23). The number of nitro benzene ring substituents is 1. The smallest absolute Gasteiger partial charge is 0.270 e. The van der Waals surface area contributed by atoms with E-state index in [9.17, 15) is 10.1 Å². The fourth-order valence-electron chi connectivity index (χ4n) is 2.63. The van der Waals surface area contributed by atoms with E-state index in [2.05, 4.69) is 20.3 Å². The van der Waals surface area contributed by atoms with Gasteiger partial charge in [-0.15, -0.1) is 0 Å². The van der Waals surface area contributed by atoms with E-state index in [0.717, 1.165) is 11.2 Å². The fourth-order valence-corrected chi connectivity index (χ4v) is 2.63. The molecule has 2 heterocycles. The fraction of sp³-hybridized carbons (Fsp3) is 0. The zero-order valence-electron chi connectivity index (χ0n) is 13.5. The van der Waals surface area contributed by atoms with Crippen LogP contribution in [0.2, 0.25) is 0 Å². The van der Waals surface area contributed by atoms with Crippen LogP contribution < -0.4 is 5.32 Å². The maximum atomic E-state index is 11.1. The molecule has 0 spiro atoms. The first-order chi connectivity index (χ1) is 12.7. The van der Waals surface area contributed by atoms with Crippen LogP contribution in [0.25, 0.3) is 22.3 Å². The number of nitro groups is 1. The van der Waals surface area contributed by atoms with Gasteiger partial charge in [-0.2, -0.15) is 0 Å². The molecule has 0 aliphatic carbocycles. The molecule has 0 amide bonds. The third-order valence-corrected chi connectivity index (χ3v) is 3.83. The van der Waals surface area contributed by atoms with Crippen molar-refractivity contribution in [2.75, 3.05) is 5.32 Å². The van der Waals surface area contributed by atoms with Crippen molar-refractivity contribution < 1.29 is 4.92 Å². The Hall–Kier alpha value is -3.87. The SMILES string of the molecule is O=[N+]([O-])c1cccc(-c2nc3ccccc3nc2Nc2cccnc2)c1. The molecule has 4 aromatic rings. The summed E-state index contributed by atoms with van der Waals surface area (Å²) >= 11 is 0. The molecular weight excluding hydrogens is 330 g/mol. The maximum absolute atomic E-state index is 11.1. The number of pyridine rings is 1. The van der Waals surface area contributed by atoms with Crippen LogP contribution in [-0.4, -0.2) is 19.9 Å². The lowest BCUT2D eigenvalue weighted by molar-refractivity contribution is -0.384. The lowest BCUT2D eigenvalue weighted by atomic mass is 10.1. The van der Waals surface area contributed by atoms with Gasteiger partial charge in [0.25, 0.3) is 5.69 Å². The van der Waals surface area contributed by atoms with Crippen molar-refractivity contribution in [1.29, 1.82) is 0 Å². The van der Waals surface area contributed by atoms with E-state index in [1.807, 2.05) is 36.4 Å². The molecule has 0 radical (unpaired) electrons. The topological polar surface area (TPSA) is 93.8 Å². The van der Waals surface area contributed by atoms with E-state index in [4.69, 9.17) is 0 Å². The Morgan fingerprint density at radius 3 is 2.46 bits per heavy atom. The molecule has 1 N–H and O–H groups in total. The zero-order valence-corrected chi connectivity index (χ0v) is 13.5. The first-order valence-electron chi connectivity index (χ1n) is 7.89. The average molecular weight is 343 g/mol. The monoisotopic (exact) mass is 343 g/mol. The molecule has 7 nitrogen and oxygen atoms in total. The Kier molecular flexibility index (Phi) is 3.95. The highest BCUT2D eigenvalue weighted by atomic mass is 16.6. The summed E-state index contributed by atoms with van der Waals surface area (Å²) in [6.07, 6.45) is 3.35. The Balaban J connectivity index is 1.90. The van der Waals surface area contributed by atoms with Gasteiger partial charge in [0.1, 0.15) is 5.69 Å². The largest absolute Gasteiger partial charge is 0.337 e. The van der Waals surface area contributed by atoms with Crippen LogP contribution in [0.15, 0.2) is 73.1 Å². The van der Waals surface area contributed by atoms with Gasteiger partial charge in [0.05, 0.1) is 27.8 Å². The summed E-state index contributed by atoms with van der Waals surface area (Å²) in [5, 5.41) is 14.3. The van der Waals surface area contributed by atoms with Crippen molar-refractivity contribution in [3.05, 3.63) is 83.2 Å². The molecule has 0 aliphatic rings. The number of fused-ring (bicyclic) bond motifs is 1. The molecule has 0 unspecified atom stereocenters. The van der Waals surface area contributed by atoms with Crippen LogP contribution in [0.3, 0.4) is 0 Å². The molecule has 26 heavy (non-hydrogen) atoms. The van der Waals surface area contributed by atoms with Crippen LogP contribution in [0.5, 0.6) is 0 Å². The normalized spacial score (nSPS) is 10.6. The summed E-state index contributed by atoms with van der Waals surface area (Å²) in [5.41, 5.74) is 3.35. The van der Waals surface area contributed by atoms with Gasteiger partial charge in [0, 0.05) is 23.9 Å². The van der Waals surface area contributed by atoms with Gasteiger partial charge >= 0.3 is 0 Å². The number of non-ortho nitro benzene ring substituents is 1. The highest BCUT2D eigenvalue weighted by Crippen LogP contribution is 2.31. The number of anilines is 2. The van der Waals surface area contributed by atoms with Gasteiger partial charge in [0.15, 0.2) is 5.82 Å². The van der Waals surface area contributed by atoms with Gasteiger partial charge in [-0.05, 0) is 24.3 Å². The van der Waals surface area contributed by atoms with Crippen LogP contribution in [0.1, 0.15) is 0 Å². The number of hydrogen-bond acceptors (Lipinski definition) is 6. The van der Waals surface area contributed by atoms with Gasteiger partial charge in [-0.3, -0.25) is 15.1 Å². The quantitative estimate of drug-likeness (QED) is 0.437. The number of para-hydroxylation sites is 2. The molecule has 0 aliphatic heterocycles. The molecule has 0 saturated carbocycles. The minimum absolute atomic E-state index is 0.00443. The molecule has 0 saturated heterocycles. The van der Waals surface area contributed by atoms with E-state index in [-0.39, 0.29) is 5.69 Å². The van der Waals surface area contributed by atoms with Gasteiger partial charge in [0.2, 0.25) is 0 Å². The summed E-state index contributed by atoms with van der Waals surface area (Å²) in [6, 6.07) is 17.5. The van der Waals surface area contributed by atoms with Crippen LogP contribution >= 0.6 is 0 Å². The predicted molar refractivity (Wildman–Crippen MR) is 99.1 cm³/mol. The van der Waals surface area contributed by atoms with E-state index in [1.54, 1.807) is 24.5 Å². The molecule has 126 valence electrons. The van der Waals surface area contributed by atoms with Crippen LogP contribution in [0, 0.1) is 10.1 Å². The summed E-state index contributed by atoms with van der Waals surface area (Å²) in [5.74, 6) is 0.511. The summed E-state index contributed by atoms with van der Waals surface area (Å²) in [4.78, 5) is 24.1. The lowest BCUT2D eigenvalue weighted by Crippen LogP contribution is -2.00. The second-order valence-corrected chi connectivity index (χ2v) is 5.58. The van der Waals surface area contributed by atoms with Crippen molar-refractivity contribution >= 4 is 28.2 Å². The summed E-state index contributed by atoms with van der Waals surface area (Å²) < 4.78 is 0. The zero-order chi connectivity index (χ0) is 17.9. The molecule has 4 rings (SSSR count). The first-order valence-corrected chi connectivity index (χ1v) is 7.89. The Morgan fingerprint density at radius 2 is 1.73 bits per heavy atom. The molecular formula is C19H13N5O2. The third-order valence-electron chi connectivity index (χ3n) is 3.83. The molecule has 0 bridgehead atoms. The third kappa shape index (κ3) is 3.05. The molecule has 7 heteroatoms. The van der Waals surface area contributed by atoms with E-state index in [1.165, 1.54) is 12.1 Å². The van der Waals surface area contributed by atoms with E-state index in [0.29, 0.717) is 22.6 Å². The highest BCUT2D eigenvalue weighted by Gasteiger charge is 2.14. The molecule has 0 atom stereocenters. The van der Waals surface area contributed by atoms with Crippen LogP contribution in [0.4, 0.5) is 17.2 Å². The van der Waals surface area contributed by atoms with Crippen molar-refractivity contribution in [1.82, 2.24) is 15.0 Å². The number of aromatic nitrogens is 3. The number of hydrogen-bond donors (Lipinski definition) is 1. The van der Waals surface area contributed by atoms with Crippen molar-refractivity contribution in [3.63, 3.8) is 0 Å². The summed E-state index contributed by atoms with van der Waals surface area (Å²) in [6.45, 7) is 0. The second kappa shape index (κ2) is 6.56. The number of nitrogens with zero attached hydrogens (tertiary/aromatic N) is 4. The Bertz CT molecular complexity index is 1100. The maximum Gasteiger partial charge on any atom is 0.270 e. The number of benzene rings is 2. The first kappa shape index (κ1) is 15.6. The highest BCUT2D eigenvalue weighted by molar-refractivity contribution is 5.85. The minimum Gasteiger partial charge on any atom is -0.337 e. The Morgan fingerprint density at radius 1 is 0.923 bits per heavy atom. The average Bonchev–Trinajstić information content (AvgIpc) is 2.68. The van der Waals surface area contributed by atoms with Gasteiger partial charge in [-0.25, -0.2) is 9.97 Å². The Labute approximate surface area is 148 Å². The number of rotatable bonds is 4. The van der Waals surface area contributed by atoms with Crippen molar-refractivity contribution in [2.24, 2.45) is 0 Å². The minimum atomic E-state index is -0.424. The molecule has 2 aromatic carbocycles. The van der Waals surface area contributed by atoms with Gasteiger partial charge < -0.3 is 5.32 Å². The molecule has 2 aromatic heterocycles. The van der Waals surface area contributed by atoms with E-state index >= 15 is 0 Å². The number of nitrogens with one attached hydrogen (secondary N) is 1. The molecule has 0 fully saturated rings. The second-order valence-electron chi connectivity index (χ2n) is 5.58. The predicted octanol–water partition coefficient (Wildman–Crippen LogP) is 4.34. The van der Waals surface area contributed by atoms with Gasteiger partial charge in [-0.1, -0.05) is 24.3 Å². The van der Waals surface area contributed by atoms with Crippen molar-refractivity contribution in [3.8, 4) is 11.3 Å². The lowest BCUT2D eigenvalue weighted by Gasteiger charge is -2.12.